The Morgan fingerprint density at radius 1 is 1.19 bits per heavy atom. The van der Waals surface area contributed by atoms with Crippen LogP contribution < -0.4 is 0 Å². The molecule has 0 saturated heterocycles. The van der Waals surface area contributed by atoms with Gasteiger partial charge in [-0.05, 0) is 37.0 Å². The van der Waals surface area contributed by atoms with Gasteiger partial charge in [-0.3, -0.25) is 4.79 Å². The highest BCUT2D eigenvalue weighted by molar-refractivity contribution is 7.14. The van der Waals surface area contributed by atoms with Crippen molar-refractivity contribution in [3.63, 3.8) is 0 Å². The first-order valence-corrected chi connectivity index (χ1v) is 9.75. The highest BCUT2D eigenvalue weighted by Gasteiger charge is 2.18. The van der Waals surface area contributed by atoms with Crippen LogP contribution in [0.4, 0.5) is 0 Å². The molecule has 26 heavy (non-hydrogen) atoms. The zero-order chi connectivity index (χ0) is 18.7. The van der Waals surface area contributed by atoms with E-state index in [1.807, 2.05) is 31.2 Å². The van der Waals surface area contributed by atoms with Gasteiger partial charge >= 0.3 is 5.97 Å². The fourth-order valence-corrected chi connectivity index (χ4v) is 4.13. The molecule has 0 aliphatic rings. The minimum Gasteiger partial charge on any atom is -0.453 e. The second kappa shape index (κ2) is 7.87. The van der Waals surface area contributed by atoms with Crippen molar-refractivity contribution in [1.82, 2.24) is 4.98 Å². The SMILES string of the molecule is CCCc1cc(C(=O)OCC(=O)c2c[nH]c3c(CC)cccc23)sc1C. The van der Waals surface area contributed by atoms with Gasteiger partial charge in [-0.25, -0.2) is 4.79 Å². The highest BCUT2D eigenvalue weighted by atomic mass is 32.1. The Kier molecular flexibility index (Phi) is 5.57. The molecule has 0 saturated carbocycles. The van der Waals surface area contributed by atoms with Crippen molar-refractivity contribution in [1.29, 1.82) is 0 Å². The molecule has 4 nitrogen and oxygen atoms in total. The van der Waals surface area contributed by atoms with Gasteiger partial charge in [0.05, 0.1) is 0 Å². The van der Waals surface area contributed by atoms with Crippen molar-refractivity contribution in [3.8, 4) is 0 Å². The molecule has 0 atom stereocenters. The third-order valence-electron chi connectivity index (χ3n) is 4.56. The lowest BCUT2D eigenvalue weighted by molar-refractivity contribution is 0.0480. The molecule has 0 bridgehead atoms. The maximum atomic E-state index is 12.5. The molecule has 0 spiro atoms. The molecule has 136 valence electrons. The number of carbonyl (C=O) groups is 2. The van der Waals surface area contributed by atoms with Crippen molar-refractivity contribution in [2.75, 3.05) is 6.61 Å². The summed E-state index contributed by atoms with van der Waals surface area (Å²) in [5, 5.41) is 0.877. The minimum atomic E-state index is -0.428. The van der Waals surface area contributed by atoms with E-state index in [1.54, 1.807) is 6.20 Å². The Balaban J connectivity index is 1.71. The first-order chi connectivity index (χ1) is 12.5. The second-order valence-electron chi connectivity index (χ2n) is 6.34. The average Bonchev–Trinajstić information content (AvgIpc) is 3.23. The number of benzene rings is 1. The van der Waals surface area contributed by atoms with Gasteiger partial charge in [-0.1, -0.05) is 38.5 Å². The van der Waals surface area contributed by atoms with Crippen LogP contribution in [-0.4, -0.2) is 23.3 Å². The van der Waals surface area contributed by atoms with E-state index in [9.17, 15) is 9.59 Å². The van der Waals surface area contributed by atoms with E-state index in [-0.39, 0.29) is 12.4 Å². The first kappa shape index (κ1) is 18.4. The monoisotopic (exact) mass is 369 g/mol. The highest BCUT2D eigenvalue weighted by Crippen LogP contribution is 2.25. The average molecular weight is 369 g/mol. The number of hydrogen-bond acceptors (Lipinski definition) is 4. The quantitative estimate of drug-likeness (QED) is 0.466. The summed E-state index contributed by atoms with van der Waals surface area (Å²) in [6.07, 6.45) is 4.57. The molecule has 3 aromatic rings. The number of nitrogens with one attached hydrogen (secondary N) is 1. The lowest BCUT2D eigenvalue weighted by atomic mass is 10.1. The summed E-state index contributed by atoms with van der Waals surface area (Å²) in [7, 11) is 0. The smallest absolute Gasteiger partial charge is 0.348 e. The second-order valence-corrected chi connectivity index (χ2v) is 7.59. The number of carbonyl (C=O) groups excluding carboxylic acids is 2. The maximum Gasteiger partial charge on any atom is 0.348 e. The van der Waals surface area contributed by atoms with Crippen LogP contribution in [0.25, 0.3) is 10.9 Å². The standard InChI is InChI=1S/C21H23NO3S/c1-4-7-15-10-19(26-13(15)3)21(24)25-12-18(23)17-11-22-20-14(5-2)8-6-9-16(17)20/h6,8-11,22H,4-5,7,12H2,1-3H3. The van der Waals surface area contributed by atoms with E-state index in [0.717, 1.165) is 40.6 Å². The Morgan fingerprint density at radius 2 is 2.00 bits per heavy atom. The van der Waals surface area contributed by atoms with Crippen molar-refractivity contribution >= 4 is 34.0 Å². The summed E-state index contributed by atoms with van der Waals surface area (Å²) in [5.41, 5.74) is 3.88. The molecule has 1 aromatic carbocycles. The number of esters is 1. The van der Waals surface area contributed by atoms with Crippen LogP contribution in [0.2, 0.25) is 0 Å². The fourth-order valence-electron chi connectivity index (χ4n) is 3.16. The van der Waals surface area contributed by atoms with E-state index in [2.05, 4.69) is 18.8 Å². The van der Waals surface area contributed by atoms with E-state index in [4.69, 9.17) is 4.74 Å². The predicted molar refractivity (Wildman–Crippen MR) is 105 cm³/mol. The van der Waals surface area contributed by atoms with Gasteiger partial charge in [0.2, 0.25) is 5.78 Å². The number of Topliss-reactive ketones (excluding diaryl/α,β-unsaturated/α-hetero) is 1. The predicted octanol–water partition coefficient (Wildman–Crippen LogP) is 5.09. The Hall–Kier alpha value is -2.40. The number of aromatic nitrogens is 1. The van der Waals surface area contributed by atoms with Crippen LogP contribution in [0.1, 0.15) is 56.3 Å². The van der Waals surface area contributed by atoms with Crippen LogP contribution in [0.3, 0.4) is 0 Å². The zero-order valence-corrected chi connectivity index (χ0v) is 16.2. The summed E-state index contributed by atoms with van der Waals surface area (Å²) in [5.74, 6) is -0.622. The number of ether oxygens (including phenoxy) is 1. The number of aryl methyl sites for hydroxylation is 3. The number of para-hydroxylation sites is 1. The van der Waals surface area contributed by atoms with Crippen molar-refractivity contribution in [2.45, 2.75) is 40.0 Å². The van der Waals surface area contributed by atoms with E-state index in [1.165, 1.54) is 16.9 Å². The van der Waals surface area contributed by atoms with Crippen molar-refractivity contribution in [2.24, 2.45) is 0 Å². The number of H-pyrrole nitrogens is 1. The topological polar surface area (TPSA) is 59.2 Å². The van der Waals surface area contributed by atoms with Gasteiger partial charge in [-0.15, -0.1) is 11.3 Å². The van der Waals surface area contributed by atoms with E-state index >= 15 is 0 Å². The maximum absolute atomic E-state index is 12.5. The molecule has 0 aliphatic heterocycles. The Labute approximate surface area is 157 Å². The lowest BCUT2D eigenvalue weighted by Crippen LogP contribution is -2.13. The molecule has 5 heteroatoms. The first-order valence-electron chi connectivity index (χ1n) is 8.93. The summed E-state index contributed by atoms with van der Waals surface area (Å²) in [4.78, 5) is 29.7. The number of fused-ring (bicyclic) bond motifs is 1. The Morgan fingerprint density at radius 3 is 2.73 bits per heavy atom. The molecule has 0 aliphatic carbocycles. The summed E-state index contributed by atoms with van der Waals surface area (Å²) < 4.78 is 5.27. The van der Waals surface area contributed by atoms with Gasteiger partial charge in [0.1, 0.15) is 4.88 Å². The molecule has 0 fully saturated rings. The van der Waals surface area contributed by atoms with Crippen LogP contribution in [0.5, 0.6) is 0 Å². The largest absolute Gasteiger partial charge is 0.453 e. The summed E-state index contributed by atoms with van der Waals surface area (Å²) in [6, 6.07) is 7.79. The summed E-state index contributed by atoms with van der Waals surface area (Å²) >= 11 is 1.43. The van der Waals surface area contributed by atoms with Gasteiger partial charge < -0.3 is 9.72 Å². The number of rotatable bonds is 7. The van der Waals surface area contributed by atoms with E-state index in [0.29, 0.717) is 10.4 Å². The number of ketones is 1. The third-order valence-corrected chi connectivity index (χ3v) is 5.63. The van der Waals surface area contributed by atoms with Gasteiger partial charge in [0, 0.05) is 27.5 Å². The fraction of sp³-hybridized carbons (Fsp3) is 0.333. The third kappa shape index (κ3) is 3.58. The Bertz CT molecular complexity index is 951. The van der Waals surface area contributed by atoms with Gasteiger partial charge in [-0.2, -0.15) is 0 Å². The van der Waals surface area contributed by atoms with Gasteiger partial charge in [0.25, 0.3) is 0 Å². The molecular weight excluding hydrogens is 346 g/mol. The molecule has 1 N–H and O–H groups in total. The molecule has 3 rings (SSSR count). The van der Waals surface area contributed by atoms with Crippen LogP contribution in [-0.2, 0) is 17.6 Å². The minimum absolute atomic E-state index is 0.195. The normalized spacial score (nSPS) is 11.0. The molecule has 2 aromatic heterocycles. The van der Waals surface area contributed by atoms with E-state index < -0.39 is 5.97 Å². The molecule has 2 heterocycles. The summed E-state index contributed by atoms with van der Waals surface area (Å²) in [6.45, 7) is 5.95. The molecule has 0 unspecified atom stereocenters. The van der Waals surface area contributed by atoms with Gasteiger partial charge in [0.15, 0.2) is 6.61 Å². The molecular formula is C21H23NO3S. The van der Waals surface area contributed by atoms with Crippen LogP contribution >= 0.6 is 11.3 Å². The van der Waals surface area contributed by atoms with Crippen LogP contribution in [0.15, 0.2) is 30.5 Å². The number of aromatic amines is 1. The van der Waals surface area contributed by atoms with Crippen LogP contribution in [0, 0.1) is 6.92 Å². The van der Waals surface area contributed by atoms with Crippen molar-refractivity contribution in [3.05, 3.63) is 56.9 Å². The molecule has 0 radical (unpaired) electrons. The lowest BCUT2D eigenvalue weighted by Gasteiger charge is -2.03. The molecule has 0 amide bonds. The number of hydrogen-bond donors (Lipinski definition) is 1. The zero-order valence-electron chi connectivity index (χ0n) is 15.3. The van der Waals surface area contributed by atoms with Crippen molar-refractivity contribution < 1.29 is 14.3 Å². The number of thiophene rings is 1.